The number of hydrogen-bond donors (Lipinski definition) is 1. The van der Waals surface area contributed by atoms with Gasteiger partial charge >= 0.3 is 12.1 Å². The van der Waals surface area contributed by atoms with Crippen LogP contribution in [0.3, 0.4) is 0 Å². The van der Waals surface area contributed by atoms with Gasteiger partial charge in [0.25, 0.3) is 6.43 Å². The topological polar surface area (TPSA) is 72.6 Å². The molecule has 0 atom stereocenters. The molecule has 10 heteroatoms. The van der Waals surface area contributed by atoms with Gasteiger partial charge in [-0.25, -0.2) is 18.6 Å². The first-order chi connectivity index (χ1) is 8.71. The van der Waals surface area contributed by atoms with Crippen molar-refractivity contribution in [2.45, 2.75) is 19.0 Å². The number of hydrogen-bond acceptors (Lipinski definition) is 4. The van der Waals surface area contributed by atoms with E-state index in [2.05, 4.69) is 14.1 Å². The third kappa shape index (κ3) is 4.47. The number of oxazole rings is 1. The number of carbonyl (C=O) groups is 1. The van der Waals surface area contributed by atoms with E-state index in [1.807, 2.05) is 0 Å². The summed E-state index contributed by atoms with van der Waals surface area (Å²) >= 11 is 0. The maximum absolute atomic E-state index is 12.4. The minimum Gasteiger partial charge on any atom is -0.475 e. The summed E-state index contributed by atoms with van der Waals surface area (Å²) in [5.41, 5.74) is -1.66. The fraction of sp³-hybridized carbons (Fsp3) is 0.556. The molecule has 0 spiro atoms. The molecular weight excluding hydrogens is 281 g/mol. The number of alkyl halides is 5. The zero-order valence-corrected chi connectivity index (χ0v) is 9.21. The first-order valence-corrected chi connectivity index (χ1v) is 4.88. The van der Waals surface area contributed by atoms with Crippen molar-refractivity contribution in [1.29, 1.82) is 0 Å². The molecule has 0 aromatic carbocycles. The van der Waals surface area contributed by atoms with Gasteiger partial charge in [-0.1, -0.05) is 0 Å². The highest BCUT2D eigenvalue weighted by molar-refractivity contribution is 5.85. The van der Waals surface area contributed by atoms with Crippen LogP contribution in [0.25, 0.3) is 0 Å². The predicted octanol–water partition coefficient (Wildman–Crippen LogP) is 2.22. The molecule has 108 valence electrons. The monoisotopic (exact) mass is 289 g/mol. The fourth-order valence-electron chi connectivity index (χ4n) is 1.14. The lowest BCUT2D eigenvalue weighted by Crippen LogP contribution is -2.12. The molecule has 1 N–H and O–H groups in total. The molecule has 0 amide bonds. The van der Waals surface area contributed by atoms with Gasteiger partial charge in [0.15, 0.2) is 11.6 Å². The number of aromatic nitrogens is 1. The van der Waals surface area contributed by atoms with Crippen molar-refractivity contribution in [1.82, 2.24) is 4.98 Å². The van der Waals surface area contributed by atoms with E-state index in [0.29, 0.717) is 0 Å². The van der Waals surface area contributed by atoms with E-state index in [9.17, 15) is 26.7 Å². The van der Waals surface area contributed by atoms with Crippen molar-refractivity contribution in [3.8, 4) is 0 Å². The molecule has 0 fully saturated rings. The van der Waals surface area contributed by atoms with Crippen LogP contribution in [0.5, 0.6) is 0 Å². The molecule has 0 saturated heterocycles. The van der Waals surface area contributed by atoms with Crippen LogP contribution in [0.4, 0.5) is 22.0 Å². The number of rotatable bonds is 6. The van der Waals surface area contributed by atoms with Gasteiger partial charge in [0, 0.05) is 6.42 Å². The highest BCUT2D eigenvalue weighted by Gasteiger charge is 2.41. The van der Waals surface area contributed by atoms with Crippen LogP contribution in [0.2, 0.25) is 0 Å². The standard InChI is InChI=1S/C9H8F5NO4/c10-4(11)3-18-2-1-5-15-7(9(12,13)14)6(19-5)8(16)17/h4H,1-3H2,(H,16,17). The number of nitrogens with zero attached hydrogens (tertiary/aromatic N) is 1. The van der Waals surface area contributed by atoms with E-state index in [0.717, 1.165) is 0 Å². The molecule has 0 aliphatic carbocycles. The van der Waals surface area contributed by atoms with E-state index < -0.39 is 42.5 Å². The van der Waals surface area contributed by atoms with Crippen LogP contribution in [-0.4, -0.2) is 35.7 Å². The fourth-order valence-corrected chi connectivity index (χ4v) is 1.14. The molecule has 5 nitrogen and oxygen atoms in total. The van der Waals surface area contributed by atoms with Crippen molar-refractivity contribution < 1.29 is 41.0 Å². The SMILES string of the molecule is O=C(O)c1oc(CCOCC(F)F)nc1C(F)(F)F. The van der Waals surface area contributed by atoms with Gasteiger partial charge < -0.3 is 14.3 Å². The number of ether oxygens (including phenoxy) is 1. The molecule has 1 aromatic rings. The number of aromatic carboxylic acids is 1. The molecule has 0 bridgehead atoms. The molecule has 0 aliphatic rings. The summed E-state index contributed by atoms with van der Waals surface area (Å²) in [4.78, 5) is 13.5. The van der Waals surface area contributed by atoms with Crippen molar-refractivity contribution in [3.63, 3.8) is 0 Å². The summed E-state index contributed by atoms with van der Waals surface area (Å²) in [6.45, 7) is -1.24. The third-order valence-electron chi connectivity index (χ3n) is 1.84. The highest BCUT2D eigenvalue weighted by Crippen LogP contribution is 2.31. The highest BCUT2D eigenvalue weighted by atomic mass is 19.4. The van der Waals surface area contributed by atoms with Crippen LogP contribution in [0.15, 0.2) is 4.42 Å². The lowest BCUT2D eigenvalue weighted by atomic mass is 10.3. The second-order valence-electron chi connectivity index (χ2n) is 3.30. The first-order valence-electron chi connectivity index (χ1n) is 4.88. The first kappa shape index (κ1) is 15.3. The molecule has 1 aromatic heterocycles. The summed E-state index contributed by atoms with van der Waals surface area (Å²) in [6, 6.07) is 0. The Hall–Kier alpha value is -1.71. The summed E-state index contributed by atoms with van der Waals surface area (Å²) in [7, 11) is 0. The molecule has 0 radical (unpaired) electrons. The van der Waals surface area contributed by atoms with Crippen molar-refractivity contribution in [2.75, 3.05) is 13.2 Å². The molecular formula is C9H8F5NO4. The summed E-state index contributed by atoms with van der Waals surface area (Å²) in [5, 5.41) is 8.52. The van der Waals surface area contributed by atoms with Gasteiger partial charge in [-0.2, -0.15) is 13.2 Å². The smallest absolute Gasteiger partial charge is 0.437 e. The third-order valence-corrected chi connectivity index (χ3v) is 1.84. The van der Waals surface area contributed by atoms with Gasteiger partial charge in [0.05, 0.1) is 6.61 Å². The van der Waals surface area contributed by atoms with Gasteiger partial charge in [0.2, 0.25) is 5.76 Å². The van der Waals surface area contributed by atoms with Crippen molar-refractivity contribution in [3.05, 3.63) is 17.3 Å². The Kier molecular flexibility index (Phi) is 4.81. The Labute approximate surface area is 103 Å². The maximum atomic E-state index is 12.4. The van der Waals surface area contributed by atoms with Crippen molar-refractivity contribution in [2.24, 2.45) is 0 Å². The normalized spacial score (nSPS) is 12.1. The summed E-state index contributed by atoms with van der Waals surface area (Å²) < 4.78 is 69.4. The number of halogens is 5. The van der Waals surface area contributed by atoms with Crippen LogP contribution in [0.1, 0.15) is 22.1 Å². The second kappa shape index (κ2) is 5.95. The quantitative estimate of drug-likeness (QED) is 0.642. The van der Waals surface area contributed by atoms with Crippen LogP contribution >= 0.6 is 0 Å². The van der Waals surface area contributed by atoms with Gasteiger partial charge in [-0.05, 0) is 0 Å². The summed E-state index contributed by atoms with van der Waals surface area (Å²) in [5.74, 6) is -3.80. The molecule has 19 heavy (non-hydrogen) atoms. The Morgan fingerprint density at radius 1 is 1.42 bits per heavy atom. The zero-order chi connectivity index (χ0) is 14.6. The van der Waals surface area contributed by atoms with E-state index >= 15 is 0 Å². The van der Waals surface area contributed by atoms with Gasteiger partial charge in [-0.15, -0.1) is 0 Å². The van der Waals surface area contributed by atoms with E-state index in [-0.39, 0.29) is 13.0 Å². The zero-order valence-electron chi connectivity index (χ0n) is 9.21. The molecule has 0 aliphatic heterocycles. The predicted molar refractivity (Wildman–Crippen MR) is 49.0 cm³/mol. The van der Waals surface area contributed by atoms with Crippen LogP contribution in [0, 0.1) is 0 Å². The number of carboxylic acid groups (broad SMARTS) is 1. The second-order valence-corrected chi connectivity index (χ2v) is 3.30. The molecule has 1 heterocycles. The van der Waals surface area contributed by atoms with E-state index in [1.54, 1.807) is 0 Å². The van der Waals surface area contributed by atoms with Gasteiger partial charge in [-0.3, -0.25) is 0 Å². The molecule has 1 rings (SSSR count). The minimum absolute atomic E-state index is 0.344. The average molecular weight is 289 g/mol. The van der Waals surface area contributed by atoms with Gasteiger partial charge in [0.1, 0.15) is 6.61 Å². The minimum atomic E-state index is -4.97. The molecule has 0 unspecified atom stereocenters. The lowest BCUT2D eigenvalue weighted by molar-refractivity contribution is -0.141. The Morgan fingerprint density at radius 2 is 2.05 bits per heavy atom. The lowest BCUT2D eigenvalue weighted by Gasteiger charge is -2.01. The van der Waals surface area contributed by atoms with E-state index in [4.69, 9.17) is 5.11 Å². The van der Waals surface area contributed by atoms with E-state index in [1.165, 1.54) is 0 Å². The maximum Gasteiger partial charge on any atom is 0.437 e. The Bertz CT molecular complexity index is 442. The van der Waals surface area contributed by atoms with Crippen LogP contribution < -0.4 is 0 Å². The van der Waals surface area contributed by atoms with Crippen molar-refractivity contribution >= 4 is 5.97 Å². The average Bonchev–Trinajstić information content (AvgIpc) is 2.68. The number of carboxylic acids is 1. The summed E-state index contributed by atoms with van der Waals surface area (Å²) in [6.07, 6.45) is -8.02. The Morgan fingerprint density at radius 3 is 2.47 bits per heavy atom. The van der Waals surface area contributed by atoms with Crippen LogP contribution in [-0.2, 0) is 17.3 Å². The largest absolute Gasteiger partial charge is 0.475 e. The molecule has 0 saturated carbocycles. The Balaban J connectivity index is 2.73.